The third kappa shape index (κ3) is 4.70. The maximum atomic E-state index is 8.88. The van der Waals surface area contributed by atoms with Gasteiger partial charge in [0.05, 0.1) is 11.4 Å². The van der Waals surface area contributed by atoms with E-state index in [2.05, 4.69) is 36.1 Å². The van der Waals surface area contributed by atoms with Crippen molar-refractivity contribution < 1.29 is 5.11 Å². The Hall–Kier alpha value is -1.00. The Kier molecular flexibility index (Phi) is 5.69. The molecule has 0 bridgehead atoms. The van der Waals surface area contributed by atoms with Crippen molar-refractivity contribution in [2.24, 2.45) is 5.41 Å². The number of aromatic nitrogens is 2. The molecule has 4 nitrogen and oxygen atoms in total. The molecule has 0 aromatic carbocycles. The summed E-state index contributed by atoms with van der Waals surface area (Å²) in [6, 6.07) is 0.201. The molecule has 18 heavy (non-hydrogen) atoms. The monoisotopic (exact) mass is 251 g/mol. The summed E-state index contributed by atoms with van der Waals surface area (Å²) in [6.07, 6.45) is 5.32. The molecule has 1 heterocycles. The summed E-state index contributed by atoms with van der Waals surface area (Å²) < 4.78 is 0. The van der Waals surface area contributed by atoms with Crippen LogP contribution in [0.3, 0.4) is 0 Å². The van der Waals surface area contributed by atoms with Crippen molar-refractivity contribution in [2.75, 3.05) is 13.2 Å². The highest BCUT2D eigenvalue weighted by Crippen LogP contribution is 2.22. The molecule has 2 N–H and O–H groups in total. The molecule has 1 atom stereocenters. The molecule has 0 aliphatic heterocycles. The van der Waals surface area contributed by atoms with Crippen molar-refractivity contribution in [2.45, 2.75) is 46.6 Å². The summed E-state index contributed by atoms with van der Waals surface area (Å²) in [6.45, 7) is 9.70. The van der Waals surface area contributed by atoms with E-state index in [1.807, 2.05) is 6.92 Å². The minimum absolute atomic E-state index is 0.188. The van der Waals surface area contributed by atoms with E-state index < -0.39 is 0 Å². The van der Waals surface area contributed by atoms with Crippen LogP contribution in [0, 0.1) is 12.3 Å². The third-order valence-corrected chi connectivity index (χ3v) is 3.23. The first-order chi connectivity index (χ1) is 8.46. The molecule has 1 unspecified atom stereocenters. The second-order valence-electron chi connectivity index (χ2n) is 5.62. The SMILES string of the molecule is Cc1nccnc1C(C)NCC(C)(C)CCCO. The Balaban J connectivity index is 2.51. The summed E-state index contributed by atoms with van der Waals surface area (Å²) in [5.74, 6) is 0. The summed E-state index contributed by atoms with van der Waals surface area (Å²) in [5.41, 5.74) is 2.17. The van der Waals surface area contributed by atoms with Crippen LogP contribution in [0.2, 0.25) is 0 Å². The zero-order valence-corrected chi connectivity index (χ0v) is 11.9. The molecular weight excluding hydrogens is 226 g/mol. The highest BCUT2D eigenvalue weighted by molar-refractivity contribution is 5.12. The lowest BCUT2D eigenvalue weighted by atomic mass is 9.87. The average molecular weight is 251 g/mol. The van der Waals surface area contributed by atoms with E-state index >= 15 is 0 Å². The van der Waals surface area contributed by atoms with E-state index in [4.69, 9.17) is 5.11 Å². The van der Waals surface area contributed by atoms with E-state index in [0.29, 0.717) is 0 Å². The zero-order chi connectivity index (χ0) is 13.6. The van der Waals surface area contributed by atoms with Gasteiger partial charge >= 0.3 is 0 Å². The smallest absolute Gasteiger partial charge is 0.0782 e. The predicted molar refractivity (Wildman–Crippen MR) is 73.3 cm³/mol. The van der Waals surface area contributed by atoms with E-state index in [1.54, 1.807) is 12.4 Å². The Morgan fingerprint density at radius 3 is 2.61 bits per heavy atom. The minimum Gasteiger partial charge on any atom is -0.396 e. The first-order valence-electron chi connectivity index (χ1n) is 6.58. The Morgan fingerprint density at radius 2 is 2.00 bits per heavy atom. The van der Waals surface area contributed by atoms with Gasteiger partial charge in [0.15, 0.2) is 0 Å². The average Bonchev–Trinajstić information content (AvgIpc) is 2.34. The number of hydrogen-bond acceptors (Lipinski definition) is 4. The molecule has 0 aliphatic carbocycles. The molecule has 0 amide bonds. The van der Waals surface area contributed by atoms with Crippen molar-refractivity contribution in [3.05, 3.63) is 23.8 Å². The van der Waals surface area contributed by atoms with Gasteiger partial charge in [0.25, 0.3) is 0 Å². The van der Waals surface area contributed by atoms with Crippen LogP contribution in [0.25, 0.3) is 0 Å². The highest BCUT2D eigenvalue weighted by atomic mass is 16.2. The van der Waals surface area contributed by atoms with Gasteiger partial charge in [0, 0.05) is 31.6 Å². The first kappa shape index (κ1) is 15.1. The van der Waals surface area contributed by atoms with Gasteiger partial charge in [-0.25, -0.2) is 0 Å². The largest absolute Gasteiger partial charge is 0.396 e. The number of aryl methyl sites for hydroxylation is 1. The summed E-state index contributed by atoms with van der Waals surface area (Å²) in [5, 5.41) is 12.4. The molecule has 0 radical (unpaired) electrons. The fourth-order valence-corrected chi connectivity index (χ4v) is 2.02. The van der Waals surface area contributed by atoms with Crippen LogP contribution in [0.1, 0.15) is 51.0 Å². The van der Waals surface area contributed by atoms with Crippen molar-refractivity contribution >= 4 is 0 Å². The van der Waals surface area contributed by atoms with Gasteiger partial charge in [-0.1, -0.05) is 13.8 Å². The molecule has 0 spiro atoms. The lowest BCUT2D eigenvalue weighted by Crippen LogP contribution is -2.32. The quantitative estimate of drug-likeness (QED) is 0.780. The van der Waals surface area contributed by atoms with Crippen LogP contribution in [-0.2, 0) is 0 Å². The standard InChI is InChI=1S/C14H25N3O/c1-11-13(16-8-7-15-11)12(2)17-10-14(3,4)6-5-9-18/h7-8,12,17-18H,5-6,9-10H2,1-4H3. The van der Waals surface area contributed by atoms with Gasteiger partial charge in [0.2, 0.25) is 0 Å². The number of hydrogen-bond donors (Lipinski definition) is 2. The van der Waals surface area contributed by atoms with Crippen LogP contribution in [0.15, 0.2) is 12.4 Å². The fourth-order valence-electron chi connectivity index (χ4n) is 2.02. The number of aliphatic hydroxyl groups excluding tert-OH is 1. The second-order valence-corrected chi connectivity index (χ2v) is 5.62. The summed E-state index contributed by atoms with van der Waals surface area (Å²) in [4.78, 5) is 8.63. The molecule has 0 saturated carbocycles. The minimum atomic E-state index is 0.188. The topological polar surface area (TPSA) is 58.0 Å². The summed E-state index contributed by atoms with van der Waals surface area (Å²) >= 11 is 0. The van der Waals surface area contributed by atoms with Crippen LogP contribution < -0.4 is 5.32 Å². The van der Waals surface area contributed by atoms with Crippen molar-refractivity contribution in [1.29, 1.82) is 0 Å². The Morgan fingerprint density at radius 1 is 1.33 bits per heavy atom. The molecule has 1 aromatic rings. The van der Waals surface area contributed by atoms with Crippen molar-refractivity contribution in [1.82, 2.24) is 15.3 Å². The molecule has 0 aliphatic rings. The third-order valence-electron chi connectivity index (χ3n) is 3.23. The highest BCUT2D eigenvalue weighted by Gasteiger charge is 2.19. The van der Waals surface area contributed by atoms with Crippen LogP contribution in [0.4, 0.5) is 0 Å². The lowest BCUT2D eigenvalue weighted by molar-refractivity contribution is 0.232. The molecule has 0 fully saturated rings. The van der Waals surface area contributed by atoms with Gasteiger partial charge in [-0.2, -0.15) is 0 Å². The zero-order valence-electron chi connectivity index (χ0n) is 11.9. The van der Waals surface area contributed by atoms with Gasteiger partial charge in [-0.05, 0) is 32.1 Å². The molecule has 1 rings (SSSR count). The molecule has 1 aromatic heterocycles. The maximum Gasteiger partial charge on any atom is 0.0782 e. The molecule has 0 saturated heterocycles. The number of aliphatic hydroxyl groups is 1. The van der Waals surface area contributed by atoms with E-state index in [9.17, 15) is 0 Å². The lowest BCUT2D eigenvalue weighted by Gasteiger charge is -2.27. The number of rotatable bonds is 7. The van der Waals surface area contributed by atoms with Crippen LogP contribution in [-0.4, -0.2) is 28.2 Å². The fraction of sp³-hybridized carbons (Fsp3) is 0.714. The van der Waals surface area contributed by atoms with Crippen molar-refractivity contribution in [3.63, 3.8) is 0 Å². The predicted octanol–water partition coefficient (Wildman–Crippen LogP) is 2.23. The van der Waals surface area contributed by atoms with E-state index in [0.717, 1.165) is 30.8 Å². The van der Waals surface area contributed by atoms with Gasteiger partial charge < -0.3 is 10.4 Å². The number of nitrogens with zero attached hydrogens (tertiary/aromatic N) is 2. The Labute approximate surface area is 110 Å². The molecule has 102 valence electrons. The summed E-state index contributed by atoms with van der Waals surface area (Å²) in [7, 11) is 0. The van der Waals surface area contributed by atoms with Gasteiger partial charge in [-0.3, -0.25) is 9.97 Å². The van der Waals surface area contributed by atoms with Crippen molar-refractivity contribution in [3.8, 4) is 0 Å². The van der Waals surface area contributed by atoms with E-state index in [1.165, 1.54) is 0 Å². The molecule has 4 heteroatoms. The van der Waals surface area contributed by atoms with Crippen LogP contribution in [0.5, 0.6) is 0 Å². The number of nitrogens with one attached hydrogen (secondary N) is 1. The van der Waals surface area contributed by atoms with Crippen LogP contribution >= 0.6 is 0 Å². The Bertz CT molecular complexity index is 366. The second kappa shape index (κ2) is 6.81. The molecular formula is C14H25N3O. The first-order valence-corrected chi connectivity index (χ1v) is 6.58. The van der Waals surface area contributed by atoms with Gasteiger partial charge in [0.1, 0.15) is 0 Å². The van der Waals surface area contributed by atoms with E-state index in [-0.39, 0.29) is 18.1 Å². The van der Waals surface area contributed by atoms with Gasteiger partial charge in [-0.15, -0.1) is 0 Å². The normalized spacial score (nSPS) is 13.6. The maximum absolute atomic E-state index is 8.88.